The Kier molecular flexibility index (Phi) is 2.76. The highest BCUT2D eigenvalue weighted by Crippen LogP contribution is 2.64. The van der Waals surface area contributed by atoms with Crippen molar-refractivity contribution in [3.63, 3.8) is 0 Å². The molecule has 0 heterocycles. The summed E-state index contributed by atoms with van der Waals surface area (Å²) in [6.45, 7) is 4.86. The molecule has 4 aliphatic carbocycles. The van der Waals surface area contributed by atoms with Gasteiger partial charge in [-0.25, -0.2) is 0 Å². The lowest BCUT2D eigenvalue weighted by atomic mass is 9.46. The monoisotopic (exact) mass is 272 g/mol. The van der Waals surface area contributed by atoms with Gasteiger partial charge in [-0.1, -0.05) is 26.0 Å². The molecule has 0 aromatic rings. The van der Waals surface area contributed by atoms with Crippen molar-refractivity contribution in [3.8, 4) is 0 Å². The second kappa shape index (κ2) is 4.21. The lowest BCUT2D eigenvalue weighted by Crippen LogP contribution is -2.52. The molecule has 0 amide bonds. The van der Waals surface area contributed by atoms with Gasteiger partial charge >= 0.3 is 0 Å². The van der Waals surface area contributed by atoms with Crippen LogP contribution in [0, 0.1) is 34.5 Å². The molecule has 110 valence electrons. The van der Waals surface area contributed by atoms with Crippen molar-refractivity contribution < 1.29 is 4.79 Å². The summed E-state index contributed by atoms with van der Waals surface area (Å²) in [4.78, 5) is 12.4. The van der Waals surface area contributed by atoms with Gasteiger partial charge < -0.3 is 0 Å². The van der Waals surface area contributed by atoms with Crippen LogP contribution in [0.4, 0.5) is 0 Å². The summed E-state index contributed by atoms with van der Waals surface area (Å²) in [5.41, 5.74) is 0.583. The summed E-state index contributed by atoms with van der Waals surface area (Å²) in [5.74, 6) is 3.92. The van der Waals surface area contributed by atoms with Crippen LogP contribution < -0.4 is 0 Å². The predicted octanol–water partition coefficient (Wildman–Crippen LogP) is 4.76. The number of hydrogen-bond donors (Lipinski definition) is 0. The van der Waals surface area contributed by atoms with E-state index in [-0.39, 0.29) is 5.41 Å². The minimum atomic E-state index is 0.0505. The minimum Gasteiger partial charge on any atom is -0.299 e. The van der Waals surface area contributed by atoms with Crippen molar-refractivity contribution in [2.45, 2.75) is 65.2 Å². The second-order valence-corrected chi connectivity index (χ2v) is 8.49. The van der Waals surface area contributed by atoms with E-state index in [1.807, 2.05) is 0 Å². The Labute approximate surface area is 123 Å². The molecule has 4 rings (SSSR count). The maximum Gasteiger partial charge on any atom is 0.139 e. The van der Waals surface area contributed by atoms with Crippen LogP contribution >= 0.6 is 0 Å². The number of allylic oxidation sites excluding steroid dienone is 2. The second-order valence-electron chi connectivity index (χ2n) is 8.49. The molecular formula is C19H28O. The Bertz CT molecular complexity index is 464. The Morgan fingerprint density at radius 1 is 1.05 bits per heavy atom. The van der Waals surface area contributed by atoms with Crippen LogP contribution in [-0.4, -0.2) is 5.78 Å². The molecule has 1 nitrogen and oxygen atoms in total. The van der Waals surface area contributed by atoms with E-state index in [1.54, 1.807) is 0 Å². The Morgan fingerprint density at radius 2 is 1.90 bits per heavy atom. The summed E-state index contributed by atoms with van der Waals surface area (Å²) in [7, 11) is 0. The first kappa shape index (κ1) is 13.1. The predicted molar refractivity (Wildman–Crippen MR) is 81.3 cm³/mol. The molecule has 20 heavy (non-hydrogen) atoms. The third kappa shape index (κ3) is 1.53. The highest BCUT2D eigenvalue weighted by molar-refractivity contribution is 5.87. The maximum absolute atomic E-state index is 12.4. The molecule has 0 saturated heterocycles. The molecule has 0 aromatic carbocycles. The van der Waals surface area contributed by atoms with Crippen molar-refractivity contribution in [1.82, 2.24) is 0 Å². The van der Waals surface area contributed by atoms with Crippen LogP contribution in [0.25, 0.3) is 0 Å². The van der Waals surface area contributed by atoms with Crippen LogP contribution in [0.2, 0.25) is 0 Å². The van der Waals surface area contributed by atoms with E-state index in [4.69, 9.17) is 0 Å². The van der Waals surface area contributed by atoms with Gasteiger partial charge in [-0.2, -0.15) is 0 Å². The number of fused-ring (bicyclic) bond motifs is 5. The van der Waals surface area contributed by atoms with Crippen LogP contribution in [0.1, 0.15) is 65.2 Å². The quantitative estimate of drug-likeness (QED) is 0.581. The normalized spacial score (nSPS) is 54.2. The summed E-state index contributed by atoms with van der Waals surface area (Å²) in [5, 5.41) is 0. The molecular weight excluding hydrogens is 244 g/mol. The summed E-state index contributed by atoms with van der Waals surface area (Å²) < 4.78 is 0. The first-order valence-corrected chi connectivity index (χ1v) is 8.74. The number of Topliss-reactive ketones (excluding diaryl/α,β-unsaturated/α-hetero) is 1. The fourth-order valence-electron chi connectivity index (χ4n) is 6.61. The third-order valence-electron chi connectivity index (χ3n) is 7.92. The Morgan fingerprint density at radius 3 is 2.75 bits per heavy atom. The van der Waals surface area contributed by atoms with Crippen molar-refractivity contribution in [2.75, 3.05) is 0 Å². The number of hydrogen-bond acceptors (Lipinski definition) is 1. The van der Waals surface area contributed by atoms with Gasteiger partial charge in [0.15, 0.2) is 0 Å². The molecule has 6 atom stereocenters. The zero-order chi connectivity index (χ0) is 14.0. The lowest BCUT2D eigenvalue weighted by molar-refractivity contribution is -0.136. The molecule has 4 aliphatic rings. The molecule has 0 spiro atoms. The molecule has 0 radical (unpaired) electrons. The molecule has 0 aromatic heterocycles. The van der Waals surface area contributed by atoms with E-state index in [1.165, 1.54) is 44.9 Å². The van der Waals surface area contributed by atoms with Crippen molar-refractivity contribution in [2.24, 2.45) is 34.5 Å². The van der Waals surface area contributed by atoms with Gasteiger partial charge in [-0.3, -0.25) is 4.79 Å². The van der Waals surface area contributed by atoms with Gasteiger partial charge in [0, 0.05) is 11.8 Å². The average molecular weight is 272 g/mol. The summed E-state index contributed by atoms with van der Waals surface area (Å²) >= 11 is 0. The van der Waals surface area contributed by atoms with Gasteiger partial charge in [0.1, 0.15) is 5.78 Å². The SMILES string of the molecule is C[C@@]12CC=CC[C@@H]1CC[C@H]1[C@H]2CC[C@]2(C)C(=O)CC[C@@H]12. The van der Waals surface area contributed by atoms with Gasteiger partial charge in [0.05, 0.1) is 0 Å². The van der Waals surface area contributed by atoms with Crippen LogP contribution in [0.5, 0.6) is 0 Å². The zero-order valence-corrected chi connectivity index (χ0v) is 13.0. The maximum atomic E-state index is 12.4. The molecule has 1 heteroatoms. The molecule has 0 bridgehead atoms. The molecule has 0 N–H and O–H groups in total. The van der Waals surface area contributed by atoms with Crippen molar-refractivity contribution in [1.29, 1.82) is 0 Å². The van der Waals surface area contributed by atoms with E-state index in [0.717, 1.165) is 24.2 Å². The van der Waals surface area contributed by atoms with Gasteiger partial charge in [0.25, 0.3) is 0 Å². The lowest BCUT2D eigenvalue weighted by Gasteiger charge is -2.58. The zero-order valence-electron chi connectivity index (χ0n) is 13.0. The summed E-state index contributed by atoms with van der Waals surface area (Å²) in [6.07, 6.45) is 14.8. The molecule has 0 unspecified atom stereocenters. The smallest absolute Gasteiger partial charge is 0.139 e. The topological polar surface area (TPSA) is 17.1 Å². The average Bonchev–Trinajstić information content (AvgIpc) is 2.74. The van der Waals surface area contributed by atoms with Crippen LogP contribution in [0.3, 0.4) is 0 Å². The molecule has 3 fully saturated rings. The standard InChI is InChI=1S/C19H28O/c1-18-11-4-3-5-13(18)6-7-14-15-8-9-17(20)19(15,2)12-10-16(14)18/h3-4,13-16H,5-12H2,1-2H3/t13-,14-,15+,16-,18-,19+/m1/s1. The molecule has 3 saturated carbocycles. The Hall–Kier alpha value is -0.590. The summed E-state index contributed by atoms with van der Waals surface area (Å²) in [6, 6.07) is 0. The van der Waals surface area contributed by atoms with Crippen molar-refractivity contribution in [3.05, 3.63) is 12.2 Å². The third-order valence-corrected chi connectivity index (χ3v) is 7.92. The highest BCUT2D eigenvalue weighted by atomic mass is 16.1. The largest absolute Gasteiger partial charge is 0.299 e. The Balaban J connectivity index is 1.68. The number of ketones is 1. The minimum absolute atomic E-state index is 0.0505. The fraction of sp³-hybridized carbons (Fsp3) is 0.842. The van der Waals surface area contributed by atoms with Crippen molar-refractivity contribution >= 4 is 5.78 Å². The number of carbonyl (C=O) groups is 1. The van der Waals surface area contributed by atoms with E-state index in [9.17, 15) is 4.79 Å². The number of carbonyl (C=O) groups excluding carboxylic acids is 1. The van der Waals surface area contributed by atoms with E-state index < -0.39 is 0 Å². The van der Waals surface area contributed by atoms with E-state index >= 15 is 0 Å². The molecule has 0 aliphatic heterocycles. The highest BCUT2D eigenvalue weighted by Gasteiger charge is 2.59. The number of rotatable bonds is 0. The van der Waals surface area contributed by atoms with E-state index in [0.29, 0.717) is 17.1 Å². The van der Waals surface area contributed by atoms with Gasteiger partial charge in [-0.15, -0.1) is 0 Å². The van der Waals surface area contributed by atoms with E-state index in [2.05, 4.69) is 26.0 Å². The van der Waals surface area contributed by atoms with Gasteiger partial charge in [0.2, 0.25) is 0 Å². The van der Waals surface area contributed by atoms with Crippen LogP contribution in [-0.2, 0) is 4.79 Å². The fourth-order valence-corrected chi connectivity index (χ4v) is 6.61. The first-order valence-electron chi connectivity index (χ1n) is 8.74. The van der Waals surface area contributed by atoms with Crippen LogP contribution in [0.15, 0.2) is 12.2 Å². The first-order chi connectivity index (χ1) is 9.56. The van der Waals surface area contributed by atoms with Gasteiger partial charge in [-0.05, 0) is 74.0 Å².